The number of rotatable bonds is 5. The Labute approximate surface area is 124 Å². The van der Waals surface area contributed by atoms with Crippen LogP contribution >= 0.6 is 0 Å². The summed E-state index contributed by atoms with van der Waals surface area (Å²) < 4.78 is 1.90. The Hall–Kier alpha value is -2.20. The van der Waals surface area contributed by atoms with E-state index in [1.165, 1.54) is 16.3 Å². The molecule has 0 spiro atoms. The van der Waals surface area contributed by atoms with Crippen LogP contribution in [0, 0.1) is 0 Å². The molecule has 108 valence electrons. The second-order valence-corrected chi connectivity index (χ2v) is 5.53. The third-order valence-electron chi connectivity index (χ3n) is 3.46. The van der Waals surface area contributed by atoms with Crippen molar-refractivity contribution >= 4 is 10.8 Å². The van der Waals surface area contributed by atoms with Crippen LogP contribution in [0.5, 0.6) is 0 Å². The van der Waals surface area contributed by atoms with Gasteiger partial charge in [0.15, 0.2) is 5.82 Å². The highest BCUT2D eigenvalue weighted by molar-refractivity contribution is 5.85. The molecule has 0 saturated heterocycles. The molecule has 0 saturated carbocycles. The monoisotopic (exact) mass is 280 g/mol. The second-order valence-electron chi connectivity index (χ2n) is 5.53. The standard InChI is InChI=1S/C17H20N4/c1-13(2)18-10-17-19-12-21(20-17)11-15-8-5-7-14-6-3-4-9-16(14)15/h3-9,12-13,18H,10-11H2,1-2H3. The maximum absolute atomic E-state index is 4.53. The summed E-state index contributed by atoms with van der Waals surface area (Å²) in [6.07, 6.45) is 1.80. The number of hydrogen-bond donors (Lipinski definition) is 1. The molecule has 1 aromatic heterocycles. The first-order valence-corrected chi connectivity index (χ1v) is 7.31. The van der Waals surface area contributed by atoms with E-state index in [1.54, 1.807) is 6.33 Å². The molecule has 0 aliphatic rings. The predicted octanol–water partition coefficient (Wildman–Crippen LogP) is 2.98. The molecule has 0 aliphatic carbocycles. The summed E-state index contributed by atoms with van der Waals surface area (Å²) in [5.74, 6) is 0.837. The van der Waals surface area contributed by atoms with Gasteiger partial charge < -0.3 is 5.32 Å². The van der Waals surface area contributed by atoms with E-state index in [0.29, 0.717) is 12.6 Å². The van der Waals surface area contributed by atoms with Gasteiger partial charge in [0.25, 0.3) is 0 Å². The molecule has 4 nitrogen and oxygen atoms in total. The Morgan fingerprint density at radius 1 is 1.10 bits per heavy atom. The quantitative estimate of drug-likeness (QED) is 0.781. The van der Waals surface area contributed by atoms with Gasteiger partial charge in [-0.05, 0) is 16.3 Å². The number of nitrogens with one attached hydrogen (secondary N) is 1. The van der Waals surface area contributed by atoms with Gasteiger partial charge in [-0.25, -0.2) is 9.67 Å². The van der Waals surface area contributed by atoms with Crippen molar-refractivity contribution in [2.24, 2.45) is 0 Å². The zero-order chi connectivity index (χ0) is 14.7. The van der Waals surface area contributed by atoms with Gasteiger partial charge in [-0.15, -0.1) is 0 Å². The first kappa shape index (κ1) is 13.8. The smallest absolute Gasteiger partial charge is 0.164 e. The van der Waals surface area contributed by atoms with Gasteiger partial charge in [-0.2, -0.15) is 5.10 Å². The van der Waals surface area contributed by atoms with Crippen LogP contribution in [0.4, 0.5) is 0 Å². The third-order valence-corrected chi connectivity index (χ3v) is 3.46. The minimum Gasteiger partial charge on any atom is -0.308 e. The summed E-state index contributed by atoms with van der Waals surface area (Å²) >= 11 is 0. The number of fused-ring (bicyclic) bond motifs is 1. The van der Waals surface area contributed by atoms with E-state index in [1.807, 2.05) is 4.68 Å². The molecule has 21 heavy (non-hydrogen) atoms. The van der Waals surface area contributed by atoms with Gasteiger partial charge in [0.2, 0.25) is 0 Å². The van der Waals surface area contributed by atoms with Gasteiger partial charge >= 0.3 is 0 Å². The molecule has 2 aromatic carbocycles. The van der Waals surface area contributed by atoms with E-state index >= 15 is 0 Å². The van der Waals surface area contributed by atoms with Crippen molar-refractivity contribution < 1.29 is 0 Å². The summed E-state index contributed by atoms with van der Waals surface area (Å²) in [6.45, 7) is 5.69. The summed E-state index contributed by atoms with van der Waals surface area (Å²) in [5.41, 5.74) is 1.27. The summed E-state index contributed by atoms with van der Waals surface area (Å²) in [4.78, 5) is 4.35. The van der Waals surface area contributed by atoms with Crippen molar-refractivity contribution in [3.63, 3.8) is 0 Å². The fraction of sp³-hybridized carbons (Fsp3) is 0.294. The van der Waals surface area contributed by atoms with Crippen LogP contribution in [0.15, 0.2) is 48.8 Å². The molecule has 0 atom stereocenters. The highest BCUT2D eigenvalue weighted by Gasteiger charge is 2.05. The normalized spacial score (nSPS) is 11.4. The molecule has 1 heterocycles. The van der Waals surface area contributed by atoms with E-state index in [4.69, 9.17) is 0 Å². The fourth-order valence-electron chi connectivity index (χ4n) is 2.39. The summed E-state index contributed by atoms with van der Waals surface area (Å²) in [7, 11) is 0. The highest BCUT2D eigenvalue weighted by atomic mass is 15.3. The predicted molar refractivity (Wildman–Crippen MR) is 85.0 cm³/mol. The van der Waals surface area contributed by atoms with Crippen molar-refractivity contribution in [2.45, 2.75) is 33.0 Å². The molecular weight excluding hydrogens is 260 g/mol. The zero-order valence-electron chi connectivity index (χ0n) is 12.5. The molecule has 0 fully saturated rings. The molecule has 0 amide bonds. The number of aromatic nitrogens is 3. The van der Waals surface area contributed by atoms with Crippen LogP contribution in [0.3, 0.4) is 0 Å². The molecule has 3 rings (SSSR count). The summed E-state index contributed by atoms with van der Waals surface area (Å²) in [6, 6.07) is 15.3. The molecule has 4 heteroatoms. The number of nitrogens with zero attached hydrogens (tertiary/aromatic N) is 3. The minimum absolute atomic E-state index is 0.440. The Bertz CT molecular complexity index is 725. The molecule has 1 N–H and O–H groups in total. The van der Waals surface area contributed by atoms with E-state index in [-0.39, 0.29) is 0 Å². The van der Waals surface area contributed by atoms with Crippen LogP contribution in [0.2, 0.25) is 0 Å². The number of hydrogen-bond acceptors (Lipinski definition) is 3. The molecule has 0 aliphatic heterocycles. The van der Waals surface area contributed by atoms with Crippen molar-refractivity contribution in [1.29, 1.82) is 0 Å². The van der Waals surface area contributed by atoms with Crippen molar-refractivity contribution in [3.8, 4) is 0 Å². The zero-order valence-corrected chi connectivity index (χ0v) is 12.5. The number of benzene rings is 2. The van der Waals surface area contributed by atoms with Gasteiger partial charge in [-0.3, -0.25) is 0 Å². The van der Waals surface area contributed by atoms with E-state index < -0.39 is 0 Å². The van der Waals surface area contributed by atoms with Gasteiger partial charge in [0.05, 0.1) is 13.1 Å². The van der Waals surface area contributed by atoms with E-state index in [0.717, 1.165) is 12.4 Å². The second kappa shape index (κ2) is 6.06. The topological polar surface area (TPSA) is 42.7 Å². The van der Waals surface area contributed by atoms with Crippen molar-refractivity contribution in [2.75, 3.05) is 0 Å². The largest absolute Gasteiger partial charge is 0.308 e. The van der Waals surface area contributed by atoms with Crippen LogP contribution < -0.4 is 5.32 Å². The Kier molecular flexibility index (Phi) is 3.97. The van der Waals surface area contributed by atoms with Gasteiger partial charge in [-0.1, -0.05) is 56.3 Å². The van der Waals surface area contributed by atoms with Crippen molar-refractivity contribution in [3.05, 3.63) is 60.2 Å². The van der Waals surface area contributed by atoms with Gasteiger partial charge in [0.1, 0.15) is 6.33 Å². The highest BCUT2D eigenvalue weighted by Crippen LogP contribution is 2.19. The lowest BCUT2D eigenvalue weighted by Gasteiger charge is -2.06. The average Bonchev–Trinajstić information content (AvgIpc) is 2.93. The summed E-state index contributed by atoms with van der Waals surface area (Å²) in [5, 5.41) is 10.4. The fourth-order valence-corrected chi connectivity index (χ4v) is 2.39. The molecule has 0 bridgehead atoms. The molecule has 3 aromatic rings. The lowest BCUT2D eigenvalue weighted by Crippen LogP contribution is -2.22. The Morgan fingerprint density at radius 2 is 1.90 bits per heavy atom. The van der Waals surface area contributed by atoms with Gasteiger partial charge in [0, 0.05) is 6.04 Å². The van der Waals surface area contributed by atoms with E-state index in [2.05, 4.69) is 71.7 Å². The lowest BCUT2D eigenvalue weighted by atomic mass is 10.0. The SMILES string of the molecule is CC(C)NCc1ncn(Cc2cccc3ccccc23)n1. The van der Waals surface area contributed by atoms with E-state index in [9.17, 15) is 0 Å². The molecule has 0 radical (unpaired) electrons. The lowest BCUT2D eigenvalue weighted by molar-refractivity contribution is 0.565. The van der Waals surface area contributed by atoms with Crippen LogP contribution in [0.1, 0.15) is 25.2 Å². The molecular formula is C17H20N4. The maximum atomic E-state index is 4.53. The Balaban J connectivity index is 1.79. The first-order valence-electron chi connectivity index (χ1n) is 7.31. The molecule has 0 unspecified atom stereocenters. The van der Waals surface area contributed by atoms with Crippen LogP contribution in [-0.4, -0.2) is 20.8 Å². The third kappa shape index (κ3) is 3.28. The van der Waals surface area contributed by atoms with Crippen molar-refractivity contribution in [1.82, 2.24) is 20.1 Å². The minimum atomic E-state index is 0.440. The average molecular weight is 280 g/mol. The maximum Gasteiger partial charge on any atom is 0.164 e. The van der Waals surface area contributed by atoms with Crippen LogP contribution in [-0.2, 0) is 13.1 Å². The Morgan fingerprint density at radius 3 is 2.76 bits per heavy atom. The van der Waals surface area contributed by atoms with Crippen LogP contribution in [0.25, 0.3) is 10.8 Å². The first-order chi connectivity index (χ1) is 10.2.